The fourth-order valence-electron chi connectivity index (χ4n) is 2.83. The fourth-order valence-corrected chi connectivity index (χ4v) is 6.06. The molecule has 9 nitrogen and oxygen atoms in total. The number of aryl methyl sites for hydroxylation is 1. The molecule has 0 aliphatic rings. The van der Waals surface area contributed by atoms with Crippen molar-refractivity contribution in [2.45, 2.75) is 22.3 Å². The van der Waals surface area contributed by atoms with E-state index in [-0.39, 0.29) is 15.8 Å². The van der Waals surface area contributed by atoms with Crippen LogP contribution in [0.4, 0.5) is 24.0 Å². The summed E-state index contributed by atoms with van der Waals surface area (Å²) in [7, 11) is -3.25. The van der Waals surface area contributed by atoms with E-state index in [9.17, 15) is 31.2 Å². The Hall–Kier alpha value is -2.88. The molecule has 0 saturated carbocycles. The zero-order valence-corrected chi connectivity index (χ0v) is 22.3. The number of halogens is 4. The molecule has 1 aromatic heterocycles. The number of carbonyl (C=O) groups is 2. The first kappa shape index (κ1) is 28.7. The van der Waals surface area contributed by atoms with Crippen molar-refractivity contribution in [1.29, 1.82) is 0 Å². The predicted octanol–water partition coefficient (Wildman–Crippen LogP) is 4.62. The smallest absolute Gasteiger partial charge is 0.417 e. The second-order valence-corrected chi connectivity index (χ2v) is 11.7. The molecule has 0 atom stereocenters. The molecule has 0 aliphatic carbocycles. The van der Waals surface area contributed by atoms with Gasteiger partial charge in [-0.25, -0.2) is 8.42 Å². The summed E-state index contributed by atoms with van der Waals surface area (Å²) in [6, 6.07) is 8.14. The van der Waals surface area contributed by atoms with Crippen molar-refractivity contribution in [2.75, 3.05) is 29.0 Å². The molecule has 0 bridgehead atoms. The number of thioether (sulfide) groups is 1. The van der Waals surface area contributed by atoms with Gasteiger partial charge in [0.25, 0.3) is 10.0 Å². The molecule has 198 valence electrons. The van der Waals surface area contributed by atoms with Crippen LogP contribution in [0.2, 0.25) is 5.02 Å². The van der Waals surface area contributed by atoms with E-state index in [2.05, 4.69) is 20.3 Å². The van der Waals surface area contributed by atoms with Gasteiger partial charge >= 0.3 is 12.1 Å². The number of nitrogens with one attached hydrogen (secondary N) is 1. The Balaban J connectivity index is 1.92. The minimum Gasteiger partial charge on any atom is -0.468 e. The van der Waals surface area contributed by atoms with Gasteiger partial charge in [0.15, 0.2) is 4.34 Å². The zero-order chi connectivity index (χ0) is 27.4. The number of sulfonamides is 1. The first-order valence-corrected chi connectivity index (χ1v) is 13.7. The molecule has 16 heteroatoms. The summed E-state index contributed by atoms with van der Waals surface area (Å²) in [6.07, 6.45) is -4.86. The molecule has 2 aromatic carbocycles. The summed E-state index contributed by atoms with van der Waals surface area (Å²) >= 11 is 7.62. The standard InChI is InChI=1S/C21H18ClF3N4O5S3/c1-12-3-6-14(7-4-12)37(32,33)29(13-5-8-16(22)15(9-13)21(23,24)25)10-17(30)26-19-27-28-20(36-19)35-11-18(31)34-2/h3-9H,10-11H2,1-2H3,(H,26,27,30). The quantitative estimate of drug-likeness (QED) is 0.217. The van der Waals surface area contributed by atoms with E-state index in [1.54, 1.807) is 6.92 Å². The third-order valence-electron chi connectivity index (χ3n) is 4.63. The topological polar surface area (TPSA) is 119 Å². The van der Waals surface area contributed by atoms with Crippen LogP contribution in [0.15, 0.2) is 51.7 Å². The lowest BCUT2D eigenvalue weighted by Crippen LogP contribution is -2.38. The Morgan fingerprint density at radius 1 is 1.16 bits per heavy atom. The molecule has 0 saturated heterocycles. The first-order valence-electron chi connectivity index (χ1n) is 10.1. The van der Waals surface area contributed by atoms with E-state index >= 15 is 0 Å². The van der Waals surface area contributed by atoms with Crippen molar-refractivity contribution < 1.29 is 35.9 Å². The maximum absolute atomic E-state index is 13.5. The number of anilines is 2. The molecule has 0 aliphatic heterocycles. The average molecular weight is 595 g/mol. The molecular formula is C21H18ClF3N4O5S3. The summed E-state index contributed by atoms with van der Waals surface area (Å²) in [5.74, 6) is -1.43. The van der Waals surface area contributed by atoms with E-state index in [1.807, 2.05) is 0 Å². The van der Waals surface area contributed by atoms with E-state index in [4.69, 9.17) is 11.6 Å². The number of esters is 1. The Morgan fingerprint density at radius 3 is 2.46 bits per heavy atom. The molecule has 0 radical (unpaired) electrons. The van der Waals surface area contributed by atoms with Crippen LogP contribution in [0.25, 0.3) is 0 Å². The van der Waals surface area contributed by atoms with Crippen molar-refractivity contribution in [3.8, 4) is 0 Å². The number of hydrogen-bond acceptors (Lipinski definition) is 9. The maximum atomic E-state index is 13.5. The van der Waals surface area contributed by atoms with Crippen molar-refractivity contribution in [3.05, 3.63) is 58.6 Å². The van der Waals surface area contributed by atoms with Crippen LogP contribution in [0.5, 0.6) is 0 Å². The monoisotopic (exact) mass is 594 g/mol. The van der Waals surface area contributed by atoms with Crippen LogP contribution >= 0.6 is 34.7 Å². The molecule has 0 spiro atoms. The minimum atomic E-state index is -4.86. The van der Waals surface area contributed by atoms with Gasteiger partial charge in [0, 0.05) is 0 Å². The summed E-state index contributed by atoms with van der Waals surface area (Å²) in [5.41, 5.74) is -0.919. The molecule has 1 amide bonds. The first-order chi connectivity index (χ1) is 17.3. The van der Waals surface area contributed by atoms with Crippen LogP contribution in [0.3, 0.4) is 0 Å². The predicted molar refractivity (Wildman–Crippen MR) is 133 cm³/mol. The number of aromatic nitrogens is 2. The lowest BCUT2D eigenvalue weighted by molar-refractivity contribution is -0.138. The van der Waals surface area contributed by atoms with Crippen molar-refractivity contribution in [2.24, 2.45) is 0 Å². The van der Waals surface area contributed by atoms with Crippen LogP contribution < -0.4 is 9.62 Å². The van der Waals surface area contributed by atoms with Gasteiger partial charge in [0.1, 0.15) is 6.54 Å². The summed E-state index contributed by atoms with van der Waals surface area (Å²) in [5, 5.41) is 9.31. The highest BCUT2D eigenvalue weighted by molar-refractivity contribution is 8.01. The third kappa shape index (κ3) is 7.34. The van der Waals surface area contributed by atoms with Crippen molar-refractivity contribution >= 4 is 67.4 Å². The number of nitrogens with zero attached hydrogens (tertiary/aromatic N) is 3. The van der Waals surface area contributed by atoms with Gasteiger partial charge in [-0.1, -0.05) is 52.4 Å². The molecule has 0 fully saturated rings. The second-order valence-electron chi connectivity index (χ2n) is 7.27. The molecule has 1 N–H and O–H groups in total. The van der Waals surface area contributed by atoms with E-state index < -0.39 is 50.9 Å². The summed E-state index contributed by atoms with van der Waals surface area (Å²) in [4.78, 5) is 23.8. The third-order valence-corrected chi connectivity index (χ3v) is 8.70. The fraction of sp³-hybridized carbons (Fsp3) is 0.238. The Bertz CT molecular complexity index is 1400. The van der Waals surface area contributed by atoms with Gasteiger partial charge < -0.3 is 4.74 Å². The Morgan fingerprint density at radius 2 is 1.84 bits per heavy atom. The lowest BCUT2D eigenvalue weighted by Gasteiger charge is -2.25. The number of ether oxygens (including phenoxy) is 1. The molecule has 3 rings (SSSR count). The van der Waals surface area contributed by atoms with Gasteiger partial charge in [0.2, 0.25) is 11.0 Å². The van der Waals surface area contributed by atoms with Crippen LogP contribution in [0.1, 0.15) is 11.1 Å². The average Bonchev–Trinajstić information content (AvgIpc) is 3.28. The molecular weight excluding hydrogens is 577 g/mol. The van der Waals surface area contributed by atoms with Gasteiger partial charge in [0.05, 0.1) is 34.0 Å². The molecule has 0 unspecified atom stereocenters. The highest BCUT2D eigenvalue weighted by Crippen LogP contribution is 2.38. The van der Waals surface area contributed by atoms with Gasteiger partial charge in [-0.15, -0.1) is 10.2 Å². The minimum absolute atomic E-state index is 0.00265. The van der Waals surface area contributed by atoms with E-state index in [0.29, 0.717) is 14.7 Å². The van der Waals surface area contributed by atoms with Crippen LogP contribution in [-0.2, 0) is 30.5 Å². The summed E-state index contributed by atoms with van der Waals surface area (Å²) in [6.45, 7) is 0.857. The number of benzene rings is 2. The maximum Gasteiger partial charge on any atom is 0.417 e. The van der Waals surface area contributed by atoms with E-state index in [1.165, 1.54) is 31.4 Å². The van der Waals surface area contributed by atoms with Crippen LogP contribution in [0, 0.1) is 6.92 Å². The Labute approximate surface area is 223 Å². The highest BCUT2D eigenvalue weighted by atomic mass is 35.5. The van der Waals surface area contributed by atoms with Gasteiger partial charge in [-0.3, -0.25) is 19.2 Å². The number of methoxy groups -OCH3 is 1. The Kier molecular flexibility index (Phi) is 9.05. The zero-order valence-electron chi connectivity index (χ0n) is 19.1. The normalized spacial score (nSPS) is 11.7. The number of amides is 1. The van der Waals surface area contributed by atoms with E-state index in [0.717, 1.165) is 40.8 Å². The number of alkyl halides is 3. The molecule has 3 aromatic rings. The summed E-state index contributed by atoms with van der Waals surface area (Å²) < 4.78 is 72.6. The van der Waals surface area contributed by atoms with Gasteiger partial charge in [-0.05, 0) is 37.3 Å². The largest absolute Gasteiger partial charge is 0.468 e. The van der Waals surface area contributed by atoms with Crippen molar-refractivity contribution in [1.82, 2.24) is 10.2 Å². The molecule has 1 heterocycles. The van der Waals surface area contributed by atoms with Crippen LogP contribution in [-0.4, -0.2) is 49.9 Å². The number of hydrogen-bond donors (Lipinski definition) is 1. The van der Waals surface area contributed by atoms with Crippen molar-refractivity contribution in [3.63, 3.8) is 0 Å². The SMILES string of the molecule is COC(=O)CSc1nnc(NC(=O)CN(c2ccc(Cl)c(C(F)(F)F)c2)S(=O)(=O)c2ccc(C)cc2)s1. The highest BCUT2D eigenvalue weighted by Gasteiger charge is 2.35. The second kappa shape index (κ2) is 11.7. The van der Waals surface area contributed by atoms with Gasteiger partial charge in [-0.2, -0.15) is 13.2 Å². The lowest BCUT2D eigenvalue weighted by atomic mass is 10.2. The number of rotatable bonds is 9. The molecule has 37 heavy (non-hydrogen) atoms. The number of carbonyl (C=O) groups excluding carboxylic acids is 2.